The molecule has 1 heterocycles. The average Bonchev–Trinajstić information content (AvgIpc) is 3.40. The molecule has 0 aliphatic carbocycles. The van der Waals surface area contributed by atoms with E-state index in [4.69, 9.17) is 18.9 Å². The fourth-order valence-electron chi connectivity index (χ4n) is 3.84. The molecule has 12 heteroatoms. The number of hydrazone groups is 1. The Kier molecular flexibility index (Phi) is 9.23. The second kappa shape index (κ2) is 13.0. The highest BCUT2D eigenvalue weighted by atomic mass is 79.9. The van der Waals surface area contributed by atoms with Gasteiger partial charge in [0.15, 0.2) is 29.6 Å². The maximum absolute atomic E-state index is 12.5. The molecule has 0 atom stereocenters. The summed E-state index contributed by atoms with van der Waals surface area (Å²) in [5.74, 6) is -0.158. The summed E-state index contributed by atoms with van der Waals surface area (Å²) in [6.45, 7) is 3.88. The number of ether oxygens (including phenoxy) is 4. The molecule has 0 radical (unpaired) electrons. The number of fused-ring (bicyclic) bond motifs is 1. The number of hydrogen-bond acceptors (Lipinski definition) is 8. The maximum atomic E-state index is 12.5. The Bertz CT molecular complexity index is 1450. The lowest BCUT2D eigenvalue weighted by Crippen LogP contribution is -2.37. The molecule has 0 spiro atoms. The van der Waals surface area contributed by atoms with Crippen molar-refractivity contribution in [3.63, 3.8) is 0 Å². The van der Waals surface area contributed by atoms with Gasteiger partial charge in [-0.1, -0.05) is 22.0 Å². The lowest BCUT2D eigenvalue weighted by Gasteiger charge is -2.14. The van der Waals surface area contributed by atoms with Crippen LogP contribution in [0.15, 0.2) is 58.1 Å². The normalized spacial score (nSPS) is 11.7. The number of nitrogens with one attached hydrogen (secondary N) is 3. The van der Waals surface area contributed by atoms with Crippen LogP contribution in [-0.2, 0) is 20.9 Å². The number of rotatable bonds is 9. The van der Waals surface area contributed by atoms with Gasteiger partial charge in [0.1, 0.15) is 0 Å². The summed E-state index contributed by atoms with van der Waals surface area (Å²) in [6, 6.07) is 14.0. The van der Waals surface area contributed by atoms with E-state index in [-0.39, 0.29) is 25.9 Å². The molecule has 0 aromatic heterocycles. The predicted molar refractivity (Wildman–Crippen MR) is 151 cm³/mol. The Morgan fingerprint density at radius 3 is 2.48 bits per heavy atom. The summed E-state index contributed by atoms with van der Waals surface area (Å²) >= 11 is 3.44. The van der Waals surface area contributed by atoms with Gasteiger partial charge in [0, 0.05) is 16.7 Å². The van der Waals surface area contributed by atoms with Crippen LogP contribution < -0.4 is 35.0 Å². The fraction of sp³-hybridized carbons (Fsp3) is 0.214. The minimum absolute atomic E-state index is 0.131. The number of benzene rings is 3. The minimum atomic E-state index is -0.925. The van der Waals surface area contributed by atoms with Gasteiger partial charge in [0.05, 0.1) is 13.3 Å². The number of carbonyl (C=O) groups excluding carboxylic acids is 3. The lowest BCUT2D eigenvalue weighted by atomic mass is 10.1. The summed E-state index contributed by atoms with van der Waals surface area (Å²) in [4.78, 5) is 36.7. The summed E-state index contributed by atoms with van der Waals surface area (Å²) in [6.07, 6.45) is 1.35. The van der Waals surface area contributed by atoms with E-state index in [0.29, 0.717) is 28.6 Å². The predicted octanol–water partition coefficient (Wildman–Crippen LogP) is 3.59. The molecule has 3 N–H and O–H groups in total. The maximum Gasteiger partial charge on any atom is 0.329 e. The van der Waals surface area contributed by atoms with E-state index in [0.717, 1.165) is 26.9 Å². The highest BCUT2D eigenvalue weighted by Crippen LogP contribution is 2.32. The molecule has 0 unspecified atom stereocenters. The van der Waals surface area contributed by atoms with Crippen LogP contribution in [0.4, 0.5) is 5.69 Å². The van der Waals surface area contributed by atoms with Crippen molar-refractivity contribution in [2.45, 2.75) is 20.4 Å². The van der Waals surface area contributed by atoms with Crippen LogP contribution in [0.25, 0.3) is 0 Å². The smallest absolute Gasteiger partial charge is 0.329 e. The van der Waals surface area contributed by atoms with Gasteiger partial charge in [-0.15, -0.1) is 0 Å². The second-order valence-electron chi connectivity index (χ2n) is 8.73. The standard InChI is InChI=1S/C28H27BrN4O7/c1-16-8-20(29)9-17(2)26(16)32-25(34)14-38-21-6-5-19(10-23(21)37-3)13-31-33-28(36)27(35)30-12-18-4-7-22-24(11-18)40-15-39-22/h4-11,13H,12,14-15H2,1-3H3,(H,30,35)(H,32,34)(H,33,36)/b31-13-. The molecule has 3 aromatic rings. The van der Waals surface area contributed by atoms with Crippen LogP contribution in [0, 0.1) is 13.8 Å². The molecular weight excluding hydrogens is 584 g/mol. The minimum Gasteiger partial charge on any atom is -0.493 e. The van der Waals surface area contributed by atoms with Crippen molar-refractivity contribution < 1.29 is 33.3 Å². The van der Waals surface area contributed by atoms with Crippen molar-refractivity contribution in [3.8, 4) is 23.0 Å². The first kappa shape index (κ1) is 28.4. The third-order valence-electron chi connectivity index (χ3n) is 5.78. The van der Waals surface area contributed by atoms with Gasteiger partial charge < -0.3 is 29.6 Å². The monoisotopic (exact) mass is 610 g/mol. The highest BCUT2D eigenvalue weighted by Gasteiger charge is 2.16. The Balaban J connectivity index is 1.26. The SMILES string of the molecule is COc1cc(/C=N\NC(=O)C(=O)NCc2ccc3c(c2)OCO3)ccc1OCC(=O)Nc1c(C)cc(Br)cc1C. The zero-order chi connectivity index (χ0) is 28.6. The number of anilines is 1. The van der Waals surface area contributed by atoms with E-state index < -0.39 is 11.8 Å². The molecule has 3 amide bonds. The van der Waals surface area contributed by atoms with Crippen LogP contribution in [-0.4, -0.2) is 44.4 Å². The molecule has 3 aromatic carbocycles. The van der Waals surface area contributed by atoms with Crippen molar-refractivity contribution in [1.82, 2.24) is 10.7 Å². The fourth-order valence-corrected chi connectivity index (χ4v) is 4.53. The van der Waals surface area contributed by atoms with Crippen molar-refractivity contribution in [2.24, 2.45) is 5.10 Å². The van der Waals surface area contributed by atoms with E-state index in [2.05, 4.69) is 37.1 Å². The van der Waals surface area contributed by atoms with Gasteiger partial charge in [0.25, 0.3) is 5.91 Å². The number of nitrogens with zero attached hydrogens (tertiary/aromatic N) is 1. The number of methoxy groups -OCH3 is 1. The zero-order valence-corrected chi connectivity index (χ0v) is 23.6. The van der Waals surface area contributed by atoms with E-state index in [1.54, 1.807) is 36.4 Å². The van der Waals surface area contributed by atoms with Crippen molar-refractivity contribution in [1.29, 1.82) is 0 Å². The van der Waals surface area contributed by atoms with Gasteiger partial charge in [-0.2, -0.15) is 5.10 Å². The van der Waals surface area contributed by atoms with E-state index in [1.807, 2.05) is 26.0 Å². The Hall–Kier alpha value is -4.58. The molecule has 11 nitrogen and oxygen atoms in total. The van der Waals surface area contributed by atoms with Crippen molar-refractivity contribution in [3.05, 3.63) is 75.3 Å². The van der Waals surface area contributed by atoms with Gasteiger partial charge in [-0.05, 0) is 78.6 Å². The molecule has 0 fully saturated rings. The number of carbonyl (C=O) groups is 3. The summed E-state index contributed by atoms with van der Waals surface area (Å²) in [5, 5.41) is 9.22. The molecule has 0 bridgehead atoms. The highest BCUT2D eigenvalue weighted by molar-refractivity contribution is 9.10. The van der Waals surface area contributed by atoms with Gasteiger partial charge in [0.2, 0.25) is 6.79 Å². The van der Waals surface area contributed by atoms with Crippen LogP contribution in [0.5, 0.6) is 23.0 Å². The quantitative estimate of drug-likeness (QED) is 0.191. The number of halogens is 1. The average molecular weight is 611 g/mol. The zero-order valence-electron chi connectivity index (χ0n) is 22.0. The summed E-state index contributed by atoms with van der Waals surface area (Å²) in [7, 11) is 1.46. The van der Waals surface area contributed by atoms with E-state index >= 15 is 0 Å². The van der Waals surface area contributed by atoms with Crippen LogP contribution in [0.2, 0.25) is 0 Å². The van der Waals surface area contributed by atoms with Crippen molar-refractivity contribution in [2.75, 3.05) is 25.8 Å². The molecular formula is C28H27BrN4O7. The van der Waals surface area contributed by atoms with Crippen molar-refractivity contribution >= 4 is 45.6 Å². The lowest BCUT2D eigenvalue weighted by molar-refractivity contribution is -0.139. The number of aryl methyl sites for hydroxylation is 2. The topological polar surface area (TPSA) is 137 Å². The number of hydrogen-bond donors (Lipinski definition) is 3. The van der Waals surface area contributed by atoms with E-state index in [1.165, 1.54) is 13.3 Å². The molecule has 4 rings (SSSR count). The molecule has 1 aliphatic rings. The summed E-state index contributed by atoms with van der Waals surface area (Å²) in [5.41, 5.74) is 6.09. The van der Waals surface area contributed by atoms with Crippen LogP contribution in [0.3, 0.4) is 0 Å². The van der Waals surface area contributed by atoms with Gasteiger partial charge in [-0.25, -0.2) is 5.43 Å². The molecule has 1 aliphatic heterocycles. The second-order valence-corrected chi connectivity index (χ2v) is 9.65. The van der Waals surface area contributed by atoms with E-state index in [9.17, 15) is 14.4 Å². The molecule has 0 saturated carbocycles. The Morgan fingerprint density at radius 1 is 0.975 bits per heavy atom. The molecule has 40 heavy (non-hydrogen) atoms. The molecule has 0 saturated heterocycles. The molecule has 208 valence electrons. The third kappa shape index (κ3) is 7.29. The van der Waals surface area contributed by atoms with Gasteiger partial charge >= 0.3 is 11.8 Å². The number of amides is 3. The van der Waals surface area contributed by atoms with Crippen LogP contribution >= 0.6 is 15.9 Å². The van der Waals surface area contributed by atoms with Crippen LogP contribution in [0.1, 0.15) is 22.3 Å². The first-order chi connectivity index (χ1) is 19.2. The first-order valence-corrected chi connectivity index (χ1v) is 12.9. The Labute approximate surface area is 239 Å². The largest absolute Gasteiger partial charge is 0.493 e. The first-order valence-electron chi connectivity index (χ1n) is 12.1. The summed E-state index contributed by atoms with van der Waals surface area (Å²) < 4.78 is 22.5. The third-order valence-corrected chi connectivity index (χ3v) is 6.24. The Morgan fingerprint density at radius 2 is 1.73 bits per heavy atom. The van der Waals surface area contributed by atoms with Gasteiger partial charge in [-0.3, -0.25) is 14.4 Å².